The van der Waals surface area contributed by atoms with Crippen LogP contribution in [0.3, 0.4) is 0 Å². The standard InChI is InChI=1S/C27H23N3O6S/c1-17-5-3-6-21(26(31)29-32)25(17)30(2)22-7-4-14-28-27(22)37(33,34)20-11-8-18(9-12-20)19-10-13-23-24(15-19)36-16-35-23/h3-15,32H,16H2,1-2H3,(H,29,31). The maximum absolute atomic E-state index is 13.7. The third-order valence-electron chi connectivity index (χ3n) is 6.16. The van der Waals surface area contributed by atoms with Crippen molar-refractivity contribution >= 4 is 27.1 Å². The largest absolute Gasteiger partial charge is 0.454 e. The molecule has 0 fully saturated rings. The van der Waals surface area contributed by atoms with Gasteiger partial charge < -0.3 is 14.4 Å². The third-order valence-corrected chi connectivity index (χ3v) is 7.87. The van der Waals surface area contributed by atoms with Crippen LogP contribution >= 0.6 is 0 Å². The van der Waals surface area contributed by atoms with Crippen molar-refractivity contribution in [2.24, 2.45) is 0 Å². The monoisotopic (exact) mass is 517 g/mol. The van der Waals surface area contributed by atoms with Gasteiger partial charge in [0, 0.05) is 13.2 Å². The predicted molar refractivity (Wildman–Crippen MR) is 136 cm³/mol. The Labute approximate surface area is 213 Å². The molecule has 37 heavy (non-hydrogen) atoms. The average Bonchev–Trinajstić information content (AvgIpc) is 3.40. The molecule has 10 heteroatoms. The molecule has 0 bridgehead atoms. The molecule has 9 nitrogen and oxygen atoms in total. The molecule has 0 aliphatic carbocycles. The van der Waals surface area contributed by atoms with Crippen molar-refractivity contribution in [1.82, 2.24) is 10.5 Å². The first-order valence-electron chi connectivity index (χ1n) is 11.3. The lowest BCUT2D eigenvalue weighted by Gasteiger charge is -2.25. The molecule has 4 aromatic rings. The van der Waals surface area contributed by atoms with E-state index in [1.165, 1.54) is 18.3 Å². The van der Waals surface area contributed by atoms with E-state index in [0.717, 1.165) is 11.1 Å². The Morgan fingerprint density at radius 1 is 0.973 bits per heavy atom. The average molecular weight is 518 g/mol. The van der Waals surface area contributed by atoms with Crippen molar-refractivity contribution in [1.29, 1.82) is 0 Å². The summed E-state index contributed by atoms with van der Waals surface area (Å²) in [6, 6.07) is 20.3. The molecular formula is C27H23N3O6S. The Bertz CT molecular complexity index is 1600. The van der Waals surface area contributed by atoms with E-state index in [9.17, 15) is 18.4 Å². The fourth-order valence-electron chi connectivity index (χ4n) is 4.33. The number of carbonyl (C=O) groups is 1. The molecular weight excluding hydrogens is 494 g/mol. The van der Waals surface area contributed by atoms with Crippen LogP contribution in [0.25, 0.3) is 11.1 Å². The molecule has 0 saturated carbocycles. The van der Waals surface area contributed by atoms with Gasteiger partial charge in [-0.2, -0.15) is 0 Å². The van der Waals surface area contributed by atoms with Crippen LogP contribution in [-0.4, -0.2) is 38.4 Å². The molecule has 0 unspecified atom stereocenters. The number of aromatic nitrogens is 1. The van der Waals surface area contributed by atoms with Gasteiger partial charge in [0.25, 0.3) is 5.91 Å². The van der Waals surface area contributed by atoms with Crippen LogP contribution in [0.1, 0.15) is 15.9 Å². The minimum absolute atomic E-state index is 0.0726. The Balaban J connectivity index is 1.53. The van der Waals surface area contributed by atoms with Crippen molar-refractivity contribution in [2.45, 2.75) is 16.8 Å². The summed E-state index contributed by atoms with van der Waals surface area (Å²) in [5, 5.41) is 9.04. The highest BCUT2D eigenvalue weighted by atomic mass is 32.2. The molecule has 5 rings (SSSR count). The molecule has 0 spiro atoms. The van der Waals surface area contributed by atoms with Crippen molar-refractivity contribution in [3.05, 3.63) is 90.1 Å². The number of anilines is 2. The number of nitrogens with zero attached hydrogens (tertiary/aromatic N) is 2. The third kappa shape index (κ3) is 4.37. The number of benzene rings is 3. The van der Waals surface area contributed by atoms with E-state index in [4.69, 9.17) is 9.47 Å². The van der Waals surface area contributed by atoms with Crippen LogP contribution in [0.2, 0.25) is 0 Å². The molecule has 1 aromatic heterocycles. The second-order valence-corrected chi connectivity index (χ2v) is 10.3. The molecule has 188 valence electrons. The fourth-order valence-corrected chi connectivity index (χ4v) is 5.72. The number of hydrogen-bond acceptors (Lipinski definition) is 8. The highest BCUT2D eigenvalue weighted by Crippen LogP contribution is 2.38. The van der Waals surface area contributed by atoms with Gasteiger partial charge in [-0.1, -0.05) is 30.3 Å². The molecule has 0 atom stereocenters. The van der Waals surface area contributed by atoms with E-state index in [-0.39, 0.29) is 28.0 Å². The maximum atomic E-state index is 13.7. The van der Waals surface area contributed by atoms with E-state index in [0.29, 0.717) is 22.7 Å². The highest BCUT2D eigenvalue weighted by Gasteiger charge is 2.27. The molecule has 1 amide bonds. The molecule has 1 aliphatic heterocycles. The highest BCUT2D eigenvalue weighted by molar-refractivity contribution is 7.91. The number of sulfone groups is 1. The summed E-state index contributed by atoms with van der Waals surface area (Å²) in [5.74, 6) is 0.599. The summed E-state index contributed by atoms with van der Waals surface area (Å²) in [4.78, 5) is 18.2. The van der Waals surface area contributed by atoms with E-state index in [1.54, 1.807) is 66.8 Å². The molecule has 2 N–H and O–H groups in total. The normalized spacial score (nSPS) is 12.3. The molecule has 0 radical (unpaired) electrons. The van der Waals surface area contributed by atoms with Gasteiger partial charge in [0.1, 0.15) is 0 Å². The second kappa shape index (κ2) is 9.57. The van der Waals surface area contributed by atoms with Gasteiger partial charge in [0.2, 0.25) is 16.6 Å². The lowest BCUT2D eigenvalue weighted by Crippen LogP contribution is -2.24. The minimum atomic E-state index is -4.03. The number of amides is 1. The predicted octanol–water partition coefficient (Wildman–Crippen LogP) is 4.51. The zero-order chi connectivity index (χ0) is 26.2. The number of nitrogens with one attached hydrogen (secondary N) is 1. The van der Waals surface area contributed by atoms with Crippen molar-refractivity contribution < 1.29 is 27.9 Å². The topological polar surface area (TPSA) is 118 Å². The Morgan fingerprint density at radius 3 is 2.46 bits per heavy atom. The zero-order valence-electron chi connectivity index (χ0n) is 20.0. The van der Waals surface area contributed by atoms with E-state index < -0.39 is 15.7 Å². The summed E-state index contributed by atoms with van der Waals surface area (Å²) in [6.07, 6.45) is 1.41. The van der Waals surface area contributed by atoms with Crippen LogP contribution < -0.4 is 19.9 Å². The van der Waals surface area contributed by atoms with Crippen LogP contribution in [-0.2, 0) is 9.84 Å². The summed E-state index contributed by atoms with van der Waals surface area (Å²) < 4.78 is 38.2. The molecule has 1 aliphatic rings. The first-order chi connectivity index (χ1) is 17.8. The first kappa shape index (κ1) is 24.3. The van der Waals surface area contributed by atoms with Crippen LogP contribution in [0.15, 0.2) is 88.9 Å². The number of para-hydroxylation sites is 1. The Hall–Kier alpha value is -4.41. The first-order valence-corrected chi connectivity index (χ1v) is 12.8. The van der Waals surface area contributed by atoms with E-state index >= 15 is 0 Å². The van der Waals surface area contributed by atoms with Gasteiger partial charge >= 0.3 is 0 Å². The lowest BCUT2D eigenvalue weighted by molar-refractivity contribution is 0.0707. The lowest BCUT2D eigenvalue weighted by atomic mass is 10.1. The quantitative estimate of drug-likeness (QED) is 0.283. The number of carbonyl (C=O) groups excluding carboxylic acids is 1. The number of ether oxygens (including phenoxy) is 2. The van der Waals surface area contributed by atoms with Crippen molar-refractivity contribution in [3.8, 4) is 22.6 Å². The van der Waals surface area contributed by atoms with Crippen molar-refractivity contribution in [2.75, 3.05) is 18.7 Å². The Kier molecular flexibility index (Phi) is 6.28. The minimum Gasteiger partial charge on any atom is -0.454 e. The zero-order valence-corrected chi connectivity index (χ0v) is 20.8. The van der Waals surface area contributed by atoms with Gasteiger partial charge in [-0.15, -0.1) is 0 Å². The number of aryl methyl sites for hydroxylation is 1. The second-order valence-electron chi connectivity index (χ2n) is 8.39. The Morgan fingerprint density at radius 2 is 1.70 bits per heavy atom. The molecule has 2 heterocycles. The van der Waals surface area contributed by atoms with Gasteiger partial charge in [-0.05, 0) is 66.1 Å². The van der Waals surface area contributed by atoms with Gasteiger partial charge in [0.15, 0.2) is 16.5 Å². The van der Waals surface area contributed by atoms with E-state index in [2.05, 4.69) is 4.98 Å². The summed E-state index contributed by atoms with van der Waals surface area (Å²) >= 11 is 0. The smallest absolute Gasteiger partial charge is 0.276 e. The van der Waals surface area contributed by atoms with Gasteiger partial charge in [-0.3, -0.25) is 10.0 Å². The SMILES string of the molecule is Cc1cccc(C(=O)NO)c1N(C)c1cccnc1S(=O)(=O)c1ccc(-c2ccc3c(c2)OCO3)cc1. The number of fused-ring (bicyclic) bond motifs is 1. The number of hydrogen-bond donors (Lipinski definition) is 2. The van der Waals surface area contributed by atoms with Gasteiger partial charge in [-0.25, -0.2) is 18.9 Å². The maximum Gasteiger partial charge on any atom is 0.276 e. The summed E-state index contributed by atoms with van der Waals surface area (Å²) in [7, 11) is -2.38. The van der Waals surface area contributed by atoms with Gasteiger partial charge in [0.05, 0.1) is 21.8 Å². The molecule has 3 aromatic carbocycles. The number of hydroxylamine groups is 1. The number of pyridine rings is 1. The van der Waals surface area contributed by atoms with Crippen LogP contribution in [0.4, 0.5) is 11.4 Å². The van der Waals surface area contributed by atoms with E-state index in [1.807, 2.05) is 18.2 Å². The summed E-state index contributed by atoms with van der Waals surface area (Å²) in [6.45, 7) is 1.96. The fraction of sp³-hybridized carbons (Fsp3) is 0.111. The number of rotatable bonds is 6. The summed E-state index contributed by atoms with van der Waals surface area (Å²) in [5.41, 5.74) is 4.94. The van der Waals surface area contributed by atoms with Crippen LogP contribution in [0, 0.1) is 6.92 Å². The van der Waals surface area contributed by atoms with Crippen molar-refractivity contribution in [3.63, 3.8) is 0 Å². The molecule has 0 saturated heterocycles. The van der Waals surface area contributed by atoms with Crippen LogP contribution in [0.5, 0.6) is 11.5 Å².